The van der Waals surface area contributed by atoms with Gasteiger partial charge < -0.3 is 30.1 Å². The fourth-order valence-corrected chi connectivity index (χ4v) is 4.78. The molecule has 46 heavy (non-hydrogen) atoms. The molecule has 0 heterocycles. The number of amides is 5. The first-order chi connectivity index (χ1) is 22.0. The molecule has 4 rings (SSSR count). The number of nitrogens with one attached hydrogen (secondary N) is 2. The van der Waals surface area contributed by atoms with Crippen molar-refractivity contribution in [3.05, 3.63) is 114 Å². The number of hydrogen-bond donors (Lipinski definition) is 2. The van der Waals surface area contributed by atoms with Crippen molar-refractivity contribution in [3.8, 4) is 5.75 Å². The lowest BCUT2D eigenvalue weighted by Gasteiger charge is -2.26. The molecule has 0 atom stereocenters. The smallest absolute Gasteiger partial charge is 0.319 e. The molecule has 0 unspecified atom stereocenters. The Balaban J connectivity index is 1.48. The molecule has 5 amide bonds. The molecule has 0 radical (unpaired) electrons. The highest BCUT2D eigenvalue weighted by Crippen LogP contribution is 2.23. The van der Waals surface area contributed by atoms with Gasteiger partial charge in [0.05, 0.1) is 6.54 Å². The van der Waals surface area contributed by atoms with E-state index in [2.05, 4.69) is 10.6 Å². The number of carbonyl (C=O) groups is 4. The zero-order valence-electron chi connectivity index (χ0n) is 26.7. The summed E-state index contributed by atoms with van der Waals surface area (Å²) in [7, 11) is 3.32. The van der Waals surface area contributed by atoms with E-state index in [-0.39, 0.29) is 31.5 Å². The third-order valence-electron chi connectivity index (χ3n) is 7.25. The first kappa shape index (κ1) is 33.3. The Morgan fingerprint density at radius 3 is 1.98 bits per heavy atom. The van der Waals surface area contributed by atoms with Gasteiger partial charge in [-0.25, -0.2) is 4.79 Å². The van der Waals surface area contributed by atoms with E-state index >= 15 is 0 Å². The Bertz CT molecular complexity index is 1690. The van der Waals surface area contributed by atoms with Gasteiger partial charge in [0.15, 0.2) is 6.61 Å². The molecule has 0 aliphatic carbocycles. The molecule has 0 aliphatic heterocycles. The van der Waals surface area contributed by atoms with Crippen LogP contribution in [0.1, 0.15) is 16.7 Å². The van der Waals surface area contributed by atoms with Crippen molar-refractivity contribution in [2.75, 3.05) is 53.8 Å². The van der Waals surface area contributed by atoms with E-state index in [1.54, 1.807) is 56.6 Å². The Labute approximate surface area is 269 Å². The fourth-order valence-electron chi connectivity index (χ4n) is 4.78. The van der Waals surface area contributed by atoms with Crippen LogP contribution in [-0.2, 0) is 14.4 Å². The Morgan fingerprint density at radius 2 is 1.28 bits per heavy atom. The zero-order chi connectivity index (χ0) is 33.2. The van der Waals surface area contributed by atoms with Crippen molar-refractivity contribution in [2.24, 2.45) is 0 Å². The van der Waals surface area contributed by atoms with Crippen molar-refractivity contribution >= 4 is 46.5 Å². The van der Waals surface area contributed by atoms with E-state index < -0.39 is 11.9 Å². The Morgan fingerprint density at radius 1 is 0.630 bits per heavy atom. The minimum Gasteiger partial charge on any atom is -0.484 e. The van der Waals surface area contributed by atoms with Crippen molar-refractivity contribution in [1.82, 2.24) is 5.32 Å². The van der Waals surface area contributed by atoms with Crippen LogP contribution < -0.4 is 30.1 Å². The monoisotopic (exact) mass is 621 g/mol. The Kier molecular flexibility index (Phi) is 11.1. The van der Waals surface area contributed by atoms with Crippen molar-refractivity contribution < 1.29 is 23.9 Å². The molecule has 2 N–H and O–H groups in total. The quantitative estimate of drug-likeness (QED) is 0.231. The molecular weight excluding hydrogens is 582 g/mol. The van der Waals surface area contributed by atoms with Gasteiger partial charge in [-0.3, -0.25) is 14.4 Å². The van der Waals surface area contributed by atoms with Gasteiger partial charge in [-0.05, 0) is 86.0 Å². The summed E-state index contributed by atoms with van der Waals surface area (Å²) < 4.78 is 5.83. The zero-order valence-corrected chi connectivity index (χ0v) is 26.7. The lowest BCUT2D eigenvalue weighted by molar-refractivity contribution is -0.121. The van der Waals surface area contributed by atoms with Gasteiger partial charge in [0.1, 0.15) is 12.3 Å². The maximum Gasteiger partial charge on any atom is 0.319 e. The molecule has 4 aromatic rings. The summed E-state index contributed by atoms with van der Waals surface area (Å²) in [6, 6.07) is 28.3. The molecule has 0 bridgehead atoms. The molecule has 0 saturated carbocycles. The average Bonchev–Trinajstić information content (AvgIpc) is 3.04. The third kappa shape index (κ3) is 9.18. The van der Waals surface area contributed by atoms with Gasteiger partial charge in [-0.15, -0.1) is 0 Å². The number of carbonyl (C=O) groups excluding carboxylic acids is 4. The number of rotatable bonds is 11. The summed E-state index contributed by atoms with van der Waals surface area (Å²) in [6.45, 7) is 4.94. The molecule has 0 spiro atoms. The fraction of sp³-hybridized carbons (Fsp3) is 0.222. The summed E-state index contributed by atoms with van der Waals surface area (Å²) in [5.41, 5.74) is 5.44. The summed E-state index contributed by atoms with van der Waals surface area (Å²) >= 11 is 0. The van der Waals surface area contributed by atoms with E-state index in [1.165, 1.54) is 14.7 Å². The topological polar surface area (TPSA) is 111 Å². The highest BCUT2D eigenvalue weighted by molar-refractivity contribution is 6.05. The maximum absolute atomic E-state index is 13.5. The van der Waals surface area contributed by atoms with Crippen LogP contribution in [0.2, 0.25) is 0 Å². The summed E-state index contributed by atoms with van der Waals surface area (Å²) in [4.78, 5) is 56.7. The lowest BCUT2D eigenvalue weighted by Crippen LogP contribution is -2.46. The molecule has 238 valence electrons. The molecule has 10 nitrogen and oxygen atoms in total. The third-order valence-corrected chi connectivity index (χ3v) is 7.25. The molecule has 0 aromatic heterocycles. The number of para-hydroxylation sites is 1. The first-order valence-electron chi connectivity index (χ1n) is 14.8. The normalized spacial score (nSPS) is 10.5. The number of urea groups is 1. The minimum atomic E-state index is -0.560. The number of ether oxygens (including phenoxy) is 1. The van der Waals surface area contributed by atoms with Gasteiger partial charge in [0.25, 0.3) is 5.91 Å². The number of aryl methyl sites for hydroxylation is 3. The molecule has 4 aromatic carbocycles. The summed E-state index contributed by atoms with van der Waals surface area (Å²) in [6.07, 6.45) is 0. The predicted molar refractivity (Wildman–Crippen MR) is 182 cm³/mol. The molecule has 0 saturated heterocycles. The van der Waals surface area contributed by atoms with Crippen LogP contribution in [0.15, 0.2) is 97.1 Å². The molecule has 10 heteroatoms. The molecule has 0 fully saturated rings. The average molecular weight is 622 g/mol. The van der Waals surface area contributed by atoms with Crippen LogP contribution in [-0.4, -0.2) is 57.5 Å². The second kappa shape index (κ2) is 15.4. The number of nitrogens with zero attached hydrogens (tertiary/aromatic N) is 3. The second-order valence-corrected chi connectivity index (χ2v) is 11.0. The molecular formula is C36H39N5O5. The van der Waals surface area contributed by atoms with Crippen molar-refractivity contribution in [1.29, 1.82) is 0 Å². The standard InChI is InChI=1S/C36H39N5O5/c1-25-11-9-12-28(18-25)38-36(45)37-22-33(42)41(23-34(43)39(4)29-13-7-6-8-14-29)30-15-10-16-32(21-30)46-24-35(44)40(5)31-19-26(2)17-27(3)20-31/h6-21H,22-24H2,1-5H3,(H2,37,38,45). The highest BCUT2D eigenvalue weighted by Gasteiger charge is 2.23. The number of likely N-dealkylation sites (N-methyl/N-ethyl adjacent to an activating group) is 2. The van der Waals surface area contributed by atoms with Gasteiger partial charge in [-0.2, -0.15) is 0 Å². The SMILES string of the molecule is Cc1cccc(NC(=O)NCC(=O)N(CC(=O)N(C)c2ccccc2)c2cccc(OCC(=O)N(C)c3cc(C)cc(C)c3)c2)c1. The van der Waals surface area contributed by atoms with Gasteiger partial charge in [-0.1, -0.05) is 42.5 Å². The van der Waals surface area contributed by atoms with Crippen molar-refractivity contribution in [3.63, 3.8) is 0 Å². The largest absolute Gasteiger partial charge is 0.484 e. The van der Waals surface area contributed by atoms with Gasteiger partial charge in [0.2, 0.25) is 11.8 Å². The number of anilines is 4. The summed E-state index contributed by atoms with van der Waals surface area (Å²) in [5, 5.41) is 5.29. The predicted octanol–water partition coefficient (Wildman–Crippen LogP) is 5.47. The van der Waals surface area contributed by atoms with Gasteiger partial charge in [0, 0.05) is 42.9 Å². The van der Waals surface area contributed by atoms with E-state index in [9.17, 15) is 19.2 Å². The van der Waals surface area contributed by atoms with E-state index in [0.29, 0.717) is 22.8 Å². The highest BCUT2D eigenvalue weighted by atomic mass is 16.5. The van der Waals surface area contributed by atoms with Crippen LogP contribution in [0.4, 0.5) is 27.5 Å². The number of benzene rings is 4. The van der Waals surface area contributed by atoms with E-state index in [1.807, 2.05) is 75.4 Å². The summed E-state index contributed by atoms with van der Waals surface area (Å²) in [5.74, 6) is -0.782. The van der Waals surface area contributed by atoms with Crippen LogP contribution in [0.25, 0.3) is 0 Å². The van der Waals surface area contributed by atoms with E-state index in [4.69, 9.17) is 4.74 Å². The van der Waals surface area contributed by atoms with Crippen molar-refractivity contribution in [2.45, 2.75) is 20.8 Å². The lowest BCUT2D eigenvalue weighted by atomic mass is 10.1. The second-order valence-electron chi connectivity index (χ2n) is 11.0. The minimum absolute atomic E-state index is 0.239. The maximum atomic E-state index is 13.5. The first-order valence-corrected chi connectivity index (χ1v) is 14.8. The molecule has 0 aliphatic rings. The van der Waals surface area contributed by atoms with Gasteiger partial charge >= 0.3 is 6.03 Å². The van der Waals surface area contributed by atoms with Crippen LogP contribution in [0.3, 0.4) is 0 Å². The van der Waals surface area contributed by atoms with Crippen LogP contribution >= 0.6 is 0 Å². The Hall–Kier alpha value is -5.64. The van der Waals surface area contributed by atoms with Crippen LogP contribution in [0.5, 0.6) is 5.75 Å². The number of hydrogen-bond acceptors (Lipinski definition) is 5. The van der Waals surface area contributed by atoms with Crippen LogP contribution in [0, 0.1) is 20.8 Å². The van der Waals surface area contributed by atoms with E-state index in [0.717, 1.165) is 22.4 Å².